The van der Waals surface area contributed by atoms with Gasteiger partial charge in [0.25, 0.3) is 0 Å². The summed E-state index contributed by atoms with van der Waals surface area (Å²) in [5, 5.41) is 3.45. The van der Waals surface area contributed by atoms with Gasteiger partial charge in [-0.05, 0) is 25.0 Å². The van der Waals surface area contributed by atoms with Gasteiger partial charge in [-0.2, -0.15) is 13.2 Å². The standard InChI is InChI=1S/C16H21F3N2O2/c17-16(18,19)6-9-21-7-4-12(5-8-21)20-13-2-1-3-14-15(13)23-11-10-22-14/h1-3,12,20H,4-11H2. The molecule has 4 nitrogen and oxygen atoms in total. The molecule has 0 atom stereocenters. The summed E-state index contributed by atoms with van der Waals surface area (Å²) in [5.41, 5.74) is 0.899. The molecule has 23 heavy (non-hydrogen) atoms. The number of likely N-dealkylation sites (tertiary alicyclic amines) is 1. The zero-order valence-electron chi connectivity index (χ0n) is 12.9. The highest BCUT2D eigenvalue weighted by molar-refractivity contribution is 5.64. The van der Waals surface area contributed by atoms with E-state index in [0.717, 1.165) is 30.0 Å². The number of hydrogen-bond acceptors (Lipinski definition) is 4. The number of halogens is 3. The molecule has 2 aliphatic rings. The summed E-state index contributed by atoms with van der Waals surface area (Å²) in [6, 6.07) is 5.98. The number of rotatable bonds is 4. The molecule has 0 aromatic heterocycles. The number of hydrogen-bond donors (Lipinski definition) is 1. The van der Waals surface area contributed by atoms with Crippen LogP contribution >= 0.6 is 0 Å². The largest absolute Gasteiger partial charge is 0.486 e. The molecule has 1 N–H and O–H groups in total. The molecule has 0 saturated carbocycles. The number of nitrogens with one attached hydrogen (secondary N) is 1. The zero-order chi connectivity index (χ0) is 16.3. The Bertz CT molecular complexity index is 529. The number of ether oxygens (including phenoxy) is 2. The van der Waals surface area contributed by atoms with Gasteiger partial charge in [0.2, 0.25) is 0 Å². The van der Waals surface area contributed by atoms with E-state index < -0.39 is 12.6 Å². The van der Waals surface area contributed by atoms with E-state index in [4.69, 9.17) is 9.47 Å². The van der Waals surface area contributed by atoms with Crippen molar-refractivity contribution in [2.24, 2.45) is 0 Å². The normalized spacial score (nSPS) is 19.6. The lowest BCUT2D eigenvalue weighted by Crippen LogP contribution is -2.40. The van der Waals surface area contributed by atoms with Gasteiger partial charge in [0.1, 0.15) is 13.2 Å². The van der Waals surface area contributed by atoms with E-state index in [2.05, 4.69) is 5.32 Å². The fourth-order valence-electron chi connectivity index (χ4n) is 2.99. The van der Waals surface area contributed by atoms with Crippen molar-refractivity contribution in [3.05, 3.63) is 18.2 Å². The second kappa shape index (κ2) is 6.86. The summed E-state index contributed by atoms with van der Waals surface area (Å²) >= 11 is 0. The quantitative estimate of drug-likeness (QED) is 0.919. The maximum absolute atomic E-state index is 12.3. The van der Waals surface area contributed by atoms with Crippen molar-refractivity contribution in [2.75, 3.05) is 38.2 Å². The van der Waals surface area contributed by atoms with Crippen molar-refractivity contribution in [1.82, 2.24) is 4.90 Å². The molecule has 1 aromatic rings. The Morgan fingerprint density at radius 1 is 1.13 bits per heavy atom. The fourth-order valence-corrected chi connectivity index (χ4v) is 2.99. The average molecular weight is 330 g/mol. The second-order valence-corrected chi connectivity index (χ2v) is 5.96. The summed E-state index contributed by atoms with van der Waals surface area (Å²) in [4.78, 5) is 1.88. The maximum Gasteiger partial charge on any atom is 0.390 e. The summed E-state index contributed by atoms with van der Waals surface area (Å²) in [6.45, 7) is 2.53. The van der Waals surface area contributed by atoms with Crippen LogP contribution in [-0.2, 0) is 0 Å². The van der Waals surface area contributed by atoms with Gasteiger partial charge in [-0.15, -0.1) is 0 Å². The fraction of sp³-hybridized carbons (Fsp3) is 0.625. The summed E-state index contributed by atoms with van der Waals surface area (Å²) in [5.74, 6) is 1.47. The first kappa shape index (κ1) is 16.2. The Kier molecular flexibility index (Phi) is 4.84. The molecule has 1 fully saturated rings. The van der Waals surface area contributed by atoms with Gasteiger partial charge in [-0.3, -0.25) is 0 Å². The van der Waals surface area contributed by atoms with Crippen LogP contribution in [0.4, 0.5) is 18.9 Å². The Balaban J connectivity index is 1.51. The van der Waals surface area contributed by atoms with Crippen LogP contribution in [0.15, 0.2) is 18.2 Å². The number of anilines is 1. The second-order valence-electron chi connectivity index (χ2n) is 5.96. The topological polar surface area (TPSA) is 33.7 Å². The highest BCUT2D eigenvalue weighted by atomic mass is 19.4. The van der Waals surface area contributed by atoms with E-state index in [1.165, 1.54) is 0 Å². The molecular weight excluding hydrogens is 309 g/mol. The molecule has 0 aliphatic carbocycles. The summed E-state index contributed by atoms with van der Waals surface area (Å²) < 4.78 is 48.0. The maximum atomic E-state index is 12.3. The van der Waals surface area contributed by atoms with E-state index in [1.807, 2.05) is 23.1 Å². The molecule has 0 spiro atoms. The predicted octanol–water partition coefficient (Wildman–Crippen LogP) is 3.29. The predicted molar refractivity (Wildman–Crippen MR) is 81.2 cm³/mol. The lowest BCUT2D eigenvalue weighted by atomic mass is 10.0. The lowest BCUT2D eigenvalue weighted by molar-refractivity contribution is -0.138. The first-order valence-electron chi connectivity index (χ1n) is 7.95. The summed E-state index contributed by atoms with van der Waals surface area (Å²) in [6.07, 6.45) is -3.16. The minimum Gasteiger partial charge on any atom is -0.486 e. The minimum atomic E-state index is -4.07. The van der Waals surface area contributed by atoms with Crippen LogP contribution in [0.3, 0.4) is 0 Å². The third-order valence-corrected chi connectivity index (χ3v) is 4.22. The van der Waals surface area contributed by atoms with E-state index >= 15 is 0 Å². The Morgan fingerprint density at radius 2 is 1.87 bits per heavy atom. The molecule has 7 heteroatoms. The van der Waals surface area contributed by atoms with Crippen molar-refractivity contribution in [3.8, 4) is 11.5 Å². The average Bonchev–Trinajstić information content (AvgIpc) is 2.54. The van der Waals surface area contributed by atoms with Crippen molar-refractivity contribution in [2.45, 2.75) is 31.5 Å². The van der Waals surface area contributed by atoms with Crippen LogP contribution in [0.25, 0.3) is 0 Å². The van der Waals surface area contributed by atoms with Gasteiger partial charge < -0.3 is 19.7 Å². The van der Waals surface area contributed by atoms with Crippen molar-refractivity contribution in [3.63, 3.8) is 0 Å². The summed E-state index contributed by atoms with van der Waals surface area (Å²) in [7, 11) is 0. The molecule has 1 saturated heterocycles. The molecular formula is C16H21F3N2O2. The molecule has 3 rings (SSSR count). The molecule has 0 amide bonds. The van der Waals surface area contributed by atoms with Gasteiger partial charge in [-0.1, -0.05) is 6.07 Å². The lowest BCUT2D eigenvalue weighted by Gasteiger charge is -2.33. The minimum absolute atomic E-state index is 0.0912. The molecule has 1 aromatic carbocycles. The highest BCUT2D eigenvalue weighted by Crippen LogP contribution is 2.38. The SMILES string of the molecule is FC(F)(F)CCN1CCC(Nc2cccc3c2OCCO3)CC1. The van der Waals surface area contributed by atoms with Gasteiger partial charge >= 0.3 is 6.18 Å². The third-order valence-electron chi connectivity index (χ3n) is 4.22. The number of alkyl halides is 3. The smallest absolute Gasteiger partial charge is 0.390 e. The van der Waals surface area contributed by atoms with Crippen LogP contribution in [-0.4, -0.2) is 50.0 Å². The van der Waals surface area contributed by atoms with Crippen LogP contribution in [0.5, 0.6) is 11.5 Å². The van der Waals surface area contributed by atoms with Crippen LogP contribution < -0.4 is 14.8 Å². The molecule has 2 aliphatic heterocycles. The van der Waals surface area contributed by atoms with Crippen LogP contribution in [0.1, 0.15) is 19.3 Å². The number of nitrogens with zero attached hydrogens (tertiary/aromatic N) is 1. The highest BCUT2D eigenvalue weighted by Gasteiger charge is 2.29. The Morgan fingerprint density at radius 3 is 2.61 bits per heavy atom. The Labute approximate surface area is 133 Å². The first-order chi connectivity index (χ1) is 11.0. The van der Waals surface area contributed by atoms with Crippen molar-refractivity contribution in [1.29, 1.82) is 0 Å². The molecule has 0 radical (unpaired) electrons. The van der Waals surface area contributed by atoms with Crippen LogP contribution in [0, 0.1) is 0 Å². The van der Waals surface area contributed by atoms with Crippen LogP contribution in [0.2, 0.25) is 0 Å². The van der Waals surface area contributed by atoms with E-state index in [1.54, 1.807) is 0 Å². The Hall–Kier alpha value is -1.63. The monoisotopic (exact) mass is 330 g/mol. The van der Waals surface area contributed by atoms with Crippen molar-refractivity contribution >= 4 is 5.69 Å². The number of fused-ring (bicyclic) bond motifs is 1. The van der Waals surface area contributed by atoms with Gasteiger partial charge in [-0.25, -0.2) is 0 Å². The number of benzene rings is 1. The van der Waals surface area contributed by atoms with E-state index in [9.17, 15) is 13.2 Å². The number of para-hydroxylation sites is 1. The zero-order valence-corrected chi connectivity index (χ0v) is 12.9. The molecule has 128 valence electrons. The van der Waals surface area contributed by atoms with Gasteiger partial charge in [0, 0.05) is 25.7 Å². The van der Waals surface area contributed by atoms with E-state index in [0.29, 0.717) is 26.3 Å². The molecule has 0 bridgehead atoms. The number of piperidine rings is 1. The molecule has 2 heterocycles. The third kappa shape index (κ3) is 4.43. The van der Waals surface area contributed by atoms with E-state index in [-0.39, 0.29) is 12.6 Å². The van der Waals surface area contributed by atoms with Gasteiger partial charge in [0.15, 0.2) is 11.5 Å². The van der Waals surface area contributed by atoms with Gasteiger partial charge in [0.05, 0.1) is 12.1 Å². The van der Waals surface area contributed by atoms with Crippen molar-refractivity contribution < 1.29 is 22.6 Å². The first-order valence-corrected chi connectivity index (χ1v) is 7.95. The molecule has 0 unspecified atom stereocenters.